The molecule has 0 bridgehead atoms. The Hall–Kier alpha value is -1.71. The fraction of sp³-hybridized carbons (Fsp3) is 0.455. The molecule has 0 atom stereocenters. The lowest BCUT2D eigenvalue weighted by molar-refractivity contribution is 0.265. The summed E-state index contributed by atoms with van der Waals surface area (Å²) in [5.41, 5.74) is 2.34. The number of hydrogen-bond acceptors (Lipinski definition) is 3. The molecular formula is C22H30ClNO2. The topological polar surface area (TPSA) is 30.5 Å². The molecule has 1 N–H and O–H groups in total. The number of hydrogen-bond donors (Lipinski definition) is 1. The third-order valence-corrected chi connectivity index (χ3v) is 4.77. The van der Waals surface area contributed by atoms with Crippen molar-refractivity contribution in [2.45, 2.75) is 58.2 Å². The molecule has 0 aliphatic heterocycles. The minimum absolute atomic E-state index is 0. The van der Waals surface area contributed by atoms with Crippen molar-refractivity contribution in [1.29, 1.82) is 0 Å². The molecule has 1 aliphatic carbocycles. The van der Waals surface area contributed by atoms with E-state index in [4.69, 9.17) is 9.47 Å². The summed E-state index contributed by atoms with van der Waals surface area (Å²) >= 11 is 0. The fourth-order valence-electron chi connectivity index (χ4n) is 3.42. The predicted molar refractivity (Wildman–Crippen MR) is 109 cm³/mol. The van der Waals surface area contributed by atoms with Crippen LogP contribution >= 0.6 is 12.4 Å². The molecule has 1 fully saturated rings. The van der Waals surface area contributed by atoms with Gasteiger partial charge in [0.1, 0.15) is 6.61 Å². The molecule has 0 unspecified atom stereocenters. The van der Waals surface area contributed by atoms with Crippen molar-refractivity contribution in [3.8, 4) is 11.5 Å². The van der Waals surface area contributed by atoms with Crippen molar-refractivity contribution < 1.29 is 9.47 Å². The third kappa shape index (κ3) is 5.93. The Morgan fingerprint density at radius 2 is 1.69 bits per heavy atom. The highest BCUT2D eigenvalue weighted by Crippen LogP contribution is 2.32. The second-order valence-corrected chi connectivity index (χ2v) is 6.67. The molecule has 1 aliphatic rings. The summed E-state index contributed by atoms with van der Waals surface area (Å²) in [6.07, 6.45) is 6.63. The van der Waals surface area contributed by atoms with E-state index >= 15 is 0 Å². The standard InChI is InChI=1S/C22H29NO2.ClH/c1-2-24-21-15-9-12-19(16-23-20-13-7-4-8-14-20)22(21)25-17-18-10-5-3-6-11-18;/h3,5-6,9-12,15,20,23H,2,4,7-8,13-14,16-17H2,1H3;1H. The van der Waals surface area contributed by atoms with Crippen LogP contribution in [0.1, 0.15) is 50.2 Å². The Labute approximate surface area is 163 Å². The van der Waals surface area contributed by atoms with Gasteiger partial charge >= 0.3 is 0 Å². The molecule has 0 saturated heterocycles. The van der Waals surface area contributed by atoms with Crippen molar-refractivity contribution in [2.75, 3.05) is 6.61 Å². The Bertz CT molecular complexity index is 642. The van der Waals surface area contributed by atoms with Gasteiger partial charge in [-0.25, -0.2) is 0 Å². The molecule has 0 spiro atoms. The zero-order valence-corrected chi connectivity index (χ0v) is 16.4. The van der Waals surface area contributed by atoms with Gasteiger partial charge in [-0.1, -0.05) is 61.7 Å². The summed E-state index contributed by atoms with van der Waals surface area (Å²) in [4.78, 5) is 0. The molecule has 2 aromatic rings. The summed E-state index contributed by atoms with van der Waals surface area (Å²) in [5, 5.41) is 3.71. The molecular weight excluding hydrogens is 346 g/mol. The zero-order valence-electron chi connectivity index (χ0n) is 15.6. The van der Waals surface area contributed by atoms with E-state index in [2.05, 4.69) is 29.6 Å². The molecule has 0 heterocycles. The van der Waals surface area contributed by atoms with Gasteiger partial charge in [-0.2, -0.15) is 0 Å². The number of benzene rings is 2. The van der Waals surface area contributed by atoms with Gasteiger partial charge in [-0.3, -0.25) is 0 Å². The van der Waals surface area contributed by atoms with E-state index in [-0.39, 0.29) is 12.4 Å². The molecule has 0 amide bonds. The lowest BCUT2D eigenvalue weighted by atomic mass is 9.95. The largest absolute Gasteiger partial charge is 0.490 e. The van der Waals surface area contributed by atoms with Gasteiger partial charge in [0.15, 0.2) is 11.5 Å². The Morgan fingerprint density at radius 1 is 0.923 bits per heavy atom. The normalized spacial score (nSPS) is 14.5. The number of rotatable bonds is 8. The third-order valence-electron chi connectivity index (χ3n) is 4.77. The SMILES string of the molecule is CCOc1cccc(CNC2CCCCC2)c1OCc1ccccc1.Cl. The van der Waals surface area contributed by atoms with Crippen LogP contribution in [-0.4, -0.2) is 12.6 Å². The monoisotopic (exact) mass is 375 g/mol. The average molecular weight is 376 g/mol. The maximum Gasteiger partial charge on any atom is 0.166 e. The summed E-state index contributed by atoms with van der Waals surface area (Å²) in [6.45, 7) is 4.03. The van der Waals surface area contributed by atoms with Crippen molar-refractivity contribution >= 4 is 12.4 Å². The van der Waals surface area contributed by atoms with Crippen molar-refractivity contribution in [3.63, 3.8) is 0 Å². The van der Waals surface area contributed by atoms with E-state index in [0.29, 0.717) is 19.3 Å². The molecule has 26 heavy (non-hydrogen) atoms. The van der Waals surface area contributed by atoms with Gasteiger partial charge in [0.2, 0.25) is 0 Å². The Morgan fingerprint density at radius 3 is 2.42 bits per heavy atom. The molecule has 0 aromatic heterocycles. The number of para-hydroxylation sites is 1. The highest BCUT2D eigenvalue weighted by molar-refractivity contribution is 5.85. The summed E-state index contributed by atoms with van der Waals surface area (Å²) in [7, 11) is 0. The first kappa shape index (κ1) is 20.6. The van der Waals surface area contributed by atoms with Crippen LogP contribution < -0.4 is 14.8 Å². The Kier molecular flexibility index (Phi) is 8.79. The van der Waals surface area contributed by atoms with E-state index in [1.54, 1.807) is 0 Å². The van der Waals surface area contributed by atoms with Gasteiger partial charge in [0.05, 0.1) is 6.61 Å². The van der Waals surface area contributed by atoms with Crippen molar-refractivity contribution in [2.24, 2.45) is 0 Å². The quantitative estimate of drug-likeness (QED) is 0.660. The minimum atomic E-state index is 0. The fourth-order valence-corrected chi connectivity index (χ4v) is 3.42. The summed E-state index contributed by atoms with van der Waals surface area (Å²) < 4.78 is 12.0. The van der Waals surface area contributed by atoms with Crippen LogP contribution in [-0.2, 0) is 13.2 Å². The van der Waals surface area contributed by atoms with E-state index in [0.717, 1.165) is 18.0 Å². The van der Waals surface area contributed by atoms with Crippen LogP contribution in [0.2, 0.25) is 0 Å². The first-order chi connectivity index (χ1) is 12.4. The van der Waals surface area contributed by atoms with Crippen LogP contribution in [0.5, 0.6) is 11.5 Å². The second kappa shape index (κ2) is 11.1. The minimum Gasteiger partial charge on any atom is -0.490 e. The molecule has 2 aromatic carbocycles. The first-order valence-electron chi connectivity index (χ1n) is 9.51. The van der Waals surface area contributed by atoms with Gasteiger partial charge in [-0.05, 0) is 31.4 Å². The van der Waals surface area contributed by atoms with Gasteiger partial charge in [0, 0.05) is 18.2 Å². The van der Waals surface area contributed by atoms with E-state index in [1.165, 1.54) is 43.2 Å². The van der Waals surface area contributed by atoms with Crippen LogP contribution in [0.15, 0.2) is 48.5 Å². The van der Waals surface area contributed by atoms with Crippen LogP contribution in [0.25, 0.3) is 0 Å². The molecule has 142 valence electrons. The smallest absolute Gasteiger partial charge is 0.166 e. The average Bonchev–Trinajstić information content (AvgIpc) is 2.67. The van der Waals surface area contributed by atoms with Crippen LogP contribution in [0.4, 0.5) is 0 Å². The molecule has 0 radical (unpaired) electrons. The first-order valence-corrected chi connectivity index (χ1v) is 9.51. The maximum absolute atomic E-state index is 6.18. The highest BCUT2D eigenvalue weighted by Gasteiger charge is 2.15. The second-order valence-electron chi connectivity index (χ2n) is 6.67. The molecule has 4 heteroatoms. The van der Waals surface area contributed by atoms with Crippen LogP contribution in [0.3, 0.4) is 0 Å². The van der Waals surface area contributed by atoms with Crippen molar-refractivity contribution in [1.82, 2.24) is 5.32 Å². The number of ether oxygens (including phenoxy) is 2. The predicted octanol–water partition coefficient (Wildman–Crippen LogP) is 5.51. The van der Waals surface area contributed by atoms with Crippen molar-refractivity contribution in [3.05, 3.63) is 59.7 Å². The summed E-state index contributed by atoms with van der Waals surface area (Å²) in [5.74, 6) is 1.71. The maximum atomic E-state index is 6.18. The van der Waals surface area contributed by atoms with E-state index in [1.807, 2.05) is 31.2 Å². The molecule has 3 nitrogen and oxygen atoms in total. The van der Waals surface area contributed by atoms with E-state index in [9.17, 15) is 0 Å². The molecule has 1 saturated carbocycles. The number of halogens is 1. The Balaban J connectivity index is 0.00000243. The highest BCUT2D eigenvalue weighted by atomic mass is 35.5. The lowest BCUT2D eigenvalue weighted by Gasteiger charge is -2.24. The van der Waals surface area contributed by atoms with Gasteiger partial charge < -0.3 is 14.8 Å². The van der Waals surface area contributed by atoms with Crippen LogP contribution in [0, 0.1) is 0 Å². The van der Waals surface area contributed by atoms with Gasteiger partial charge in [0.25, 0.3) is 0 Å². The van der Waals surface area contributed by atoms with E-state index < -0.39 is 0 Å². The zero-order chi connectivity index (χ0) is 17.3. The summed E-state index contributed by atoms with van der Waals surface area (Å²) in [6, 6.07) is 17.1. The number of nitrogens with one attached hydrogen (secondary N) is 1. The van der Waals surface area contributed by atoms with Gasteiger partial charge in [-0.15, -0.1) is 12.4 Å². The lowest BCUT2D eigenvalue weighted by Crippen LogP contribution is -2.30. The molecule has 3 rings (SSSR count).